The van der Waals surface area contributed by atoms with Crippen molar-refractivity contribution in [2.24, 2.45) is 0 Å². The summed E-state index contributed by atoms with van der Waals surface area (Å²) in [5.74, 6) is -6.80. The molecule has 8 rings (SSSR count). The minimum absolute atomic E-state index is 0.0327. The predicted molar refractivity (Wildman–Crippen MR) is 225 cm³/mol. The molecule has 0 amide bonds. The van der Waals surface area contributed by atoms with Crippen LogP contribution in [0.1, 0.15) is 27.5 Å². The third kappa shape index (κ3) is 8.65. The Morgan fingerprint density at radius 2 is 0.866 bits per heavy atom. The number of Topliss-reactive ketones (excluding diaryl/α,β-unsaturated/α-hetero) is 2. The van der Waals surface area contributed by atoms with Crippen molar-refractivity contribution in [3.63, 3.8) is 0 Å². The number of carbonyl (C=O) groups excluding carboxylic acids is 2. The zero-order valence-corrected chi connectivity index (χ0v) is 34.3. The van der Waals surface area contributed by atoms with Gasteiger partial charge in [0.1, 0.15) is 105 Å². The van der Waals surface area contributed by atoms with E-state index in [1.54, 1.807) is 0 Å². The Balaban J connectivity index is 1.22. The zero-order valence-electron chi connectivity index (χ0n) is 34.3. The van der Waals surface area contributed by atoms with Gasteiger partial charge in [0.25, 0.3) is 0 Å². The second kappa shape index (κ2) is 18.4. The average molecular weight is 933 g/mol. The van der Waals surface area contributed by atoms with Crippen molar-refractivity contribution in [2.75, 3.05) is 13.2 Å². The van der Waals surface area contributed by atoms with Crippen LogP contribution in [0.5, 0.6) is 34.5 Å². The topological polar surface area (TPSA) is 374 Å². The maximum Gasteiger partial charge on any atom is 0.229 e. The summed E-state index contributed by atoms with van der Waals surface area (Å²) in [6, 6.07) is 13.5. The molecular weight excluding hydrogens is 892 g/mol. The standard InChI is InChI=1S/C45H40O22/c46-14-28-34(54)38(58)40(60)44(66-28)62-20-9-22(50)32-26(11-20)64-42(30(36(32)56)16-1-5-18(48)6-2-16)24(52)13-25(53)43-31(17-3-7-19(49)8-4-17)37(57)33-23(51)10-21(12-27(33)65-43)63-45-41(61)39(59)35(55)29(15-47)67-45/h1-12,28-29,34-35,38-41,44-51,54-55,58-61H,13-15H2/t28?,29?,34-,35-,38?,39?,40?,41?,44-,45-/m1/s1. The number of aliphatic hydroxyl groups is 8. The fraction of sp³-hybridized carbons (Fsp3) is 0.289. The third-order valence-corrected chi connectivity index (χ3v) is 11.2. The molecule has 0 saturated carbocycles. The van der Waals surface area contributed by atoms with Gasteiger partial charge in [-0.3, -0.25) is 19.2 Å². The quantitative estimate of drug-likeness (QED) is 0.0561. The molecule has 67 heavy (non-hydrogen) atoms. The number of phenols is 4. The van der Waals surface area contributed by atoms with Crippen LogP contribution >= 0.6 is 0 Å². The van der Waals surface area contributed by atoms with Crippen LogP contribution in [-0.2, 0) is 9.47 Å². The molecule has 0 aliphatic carbocycles. The highest BCUT2D eigenvalue weighted by Crippen LogP contribution is 2.38. The second-order valence-electron chi connectivity index (χ2n) is 15.6. The average Bonchev–Trinajstić information content (AvgIpc) is 3.29. The minimum Gasteiger partial charge on any atom is -0.508 e. The van der Waals surface area contributed by atoms with Crippen molar-refractivity contribution in [1.82, 2.24) is 0 Å². The zero-order chi connectivity index (χ0) is 48.2. The van der Waals surface area contributed by atoms with Crippen molar-refractivity contribution in [3.8, 4) is 56.8 Å². The molecule has 352 valence electrons. The maximum absolute atomic E-state index is 14.4. The number of hydrogen-bond acceptors (Lipinski definition) is 22. The predicted octanol–water partition coefficient (Wildman–Crippen LogP) is -0.131. The Hall–Kier alpha value is -6.96. The van der Waals surface area contributed by atoms with Gasteiger partial charge in [-0.25, -0.2) is 0 Å². The van der Waals surface area contributed by atoms with Crippen molar-refractivity contribution in [3.05, 3.63) is 105 Å². The van der Waals surface area contributed by atoms with Crippen molar-refractivity contribution in [2.45, 2.75) is 67.8 Å². The lowest BCUT2D eigenvalue weighted by Crippen LogP contribution is -2.60. The Morgan fingerprint density at radius 3 is 1.21 bits per heavy atom. The molecule has 10 atom stereocenters. The van der Waals surface area contributed by atoms with Crippen LogP contribution in [0.15, 0.2) is 91.2 Å². The van der Waals surface area contributed by atoms with Gasteiger partial charge in [0.2, 0.25) is 35.0 Å². The van der Waals surface area contributed by atoms with Crippen molar-refractivity contribution in [1.29, 1.82) is 0 Å². The first-order chi connectivity index (χ1) is 31.9. The first kappa shape index (κ1) is 46.6. The Bertz CT molecular complexity index is 2780. The van der Waals surface area contributed by atoms with Gasteiger partial charge in [-0.05, 0) is 35.4 Å². The van der Waals surface area contributed by atoms with E-state index in [9.17, 15) is 80.5 Å². The van der Waals surface area contributed by atoms with Gasteiger partial charge in [-0.2, -0.15) is 0 Å². The number of aliphatic hydroxyl groups excluding tert-OH is 8. The first-order valence-corrected chi connectivity index (χ1v) is 20.2. The summed E-state index contributed by atoms with van der Waals surface area (Å²) < 4.78 is 33.9. The van der Waals surface area contributed by atoms with Crippen LogP contribution in [0, 0.1) is 0 Å². The van der Waals surface area contributed by atoms with Crippen molar-refractivity contribution < 1.29 is 98.6 Å². The van der Waals surface area contributed by atoms with Gasteiger partial charge < -0.3 is 89.1 Å². The van der Waals surface area contributed by atoms with Gasteiger partial charge in [0, 0.05) is 24.3 Å². The SMILES string of the molecule is O=C(CC(=O)c1oc2cc(O[C@@H]3OC(CO)[C@@H](O)C(O)C3O)cc(O)c2c(=O)c1-c1ccc(O)cc1)c1oc2cc(O[C@@H]3OC(CO)[C@@H](O)C(O)C3O)cc(O)c2c(=O)c1-c1ccc(O)cc1. The molecule has 4 aromatic carbocycles. The number of ether oxygens (including phenoxy) is 4. The van der Waals surface area contributed by atoms with E-state index in [1.807, 2.05) is 0 Å². The number of rotatable bonds is 12. The summed E-state index contributed by atoms with van der Waals surface area (Å²) in [6.07, 6.45) is -18.5. The van der Waals surface area contributed by atoms with E-state index in [0.717, 1.165) is 24.3 Å². The molecule has 6 aromatic rings. The Labute approximate surface area is 374 Å². The largest absolute Gasteiger partial charge is 0.508 e. The number of aromatic hydroxyl groups is 4. The van der Waals surface area contributed by atoms with E-state index in [0.29, 0.717) is 0 Å². The van der Waals surface area contributed by atoms with E-state index in [4.69, 9.17) is 27.8 Å². The third-order valence-electron chi connectivity index (χ3n) is 11.2. The molecule has 2 aliphatic rings. The smallest absolute Gasteiger partial charge is 0.229 e. The van der Waals surface area contributed by atoms with Crippen molar-refractivity contribution >= 4 is 33.5 Å². The van der Waals surface area contributed by atoms with Crippen LogP contribution in [0.25, 0.3) is 44.2 Å². The summed E-state index contributed by atoms with van der Waals surface area (Å²) in [4.78, 5) is 57.4. The van der Waals surface area contributed by atoms with E-state index in [-0.39, 0.29) is 34.1 Å². The van der Waals surface area contributed by atoms with Gasteiger partial charge in [0.05, 0.1) is 30.8 Å². The van der Waals surface area contributed by atoms with Crippen LogP contribution in [0.3, 0.4) is 0 Å². The number of fused-ring (bicyclic) bond motifs is 2. The number of ketones is 2. The molecule has 0 spiro atoms. The maximum atomic E-state index is 14.4. The van der Waals surface area contributed by atoms with E-state index >= 15 is 0 Å². The summed E-state index contributed by atoms with van der Waals surface area (Å²) in [5.41, 5.74) is -4.15. The lowest BCUT2D eigenvalue weighted by Gasteiger charge is -2.39. The van der Waals surface area contributed by atoms with E-state index < -0.39 is 160 Å². The van der Waals surface area contributed by atoms with E-state index in [2.05, 4.69) is 0 Å². The molecule has 12 N–H and O–H groups in total. The van der Waals surface area contributed by atoms with Gasteiger partial charge >= 0.3 is 0 Å². The fourth-order valence-electron chi connectivity index (χ4n) is 7.76. The van der Waals surface area contributed by atoms with Crippen LogP contribution in [-0.4, -0.2) is 147 Å². The molecule has 0 radical (unpaired) electrons. The highest BCUT2D eigenvalue weighted by molar-refractivity contribution is 6.16. The number of carbonyl (C=O) groups is 2. The van der Waals surface area contributed by atoms with Crippen LogP contribution < -0.4 is 20.3 Å². The highest BCUT2D eigenvalue weighted by atomic mass is 16.7. The van der Waals surface area contributed by atoms with Gasteiger partial charge in [-0.15, -0.1) is 0 Å². The van der Waals surface area contributed by atoms with Crippen LogP contribution in [0.2, 0.25) is 0 Å². The highest BCUT2D eigenvalue weighted by Gasteiger charge is 2.46. The number of phenolic OH excluding ortho intramolecular Hbond substituents is 4. The molecule has 2 fully saturated rings. The summed E-state index contributed by atoms with van der Waals surface area (Å²) in [6.45, 7) is -1.59. The first-order valence-electron chi connectivity index (χ1n) is 20.2. The van der Waals surface area contributed by atoms with E-state index in [1.165, 1.54) is 48.5 Å². The fourth-order valence-corrected chi connectivity index (χ4v) is 7.76. The lowest BCUT2D eigenvalue weighted by molar-refractivity contribution is -0.277. The summed E-state index contributed by atoms with van der Waals surface area (Å²) in [5, 5.41) is 122. The normalized spacial score (nSPS) is 25.3. The molecular formula is C45H40O22. The van der Waals surface area contributed by atoms with Gasteiger partial charge in [0.15, 0.2) is 11.5 Å². The molecule has 4 heterocycles. The monoisotopic (exact) mass is 932 g/mol. The molecule has 2 aromatic heterocycles. The molecule has 22 nitrogen and oxygen atoms in total. The molecule has 2 aliphatic heterocycles. The molecule has 6 unspecified atom stereocenters. The number of benzene rings is 4. The number of hydrogen-bond donors (Lipinski definition) is 12. The summed E-state index contributed by atoms with van der Waals surface area (Å²) >= 11 is 0. The van der Waals surface area contributed by atoms with Gasteiger partial charge in [-0.1, -0.05) is 24.3 Å². The Kier molecular flexibility index (Phi) is 12.8. The summed E-state index contributed by atoms with van der Waals surface area (Å²) in [7, 11) is 0. The molecule has 0 bridgehead atoms. The van der Waals surface area contributed by atoms with Crippen LogP contribution in [0.4, 0.5) is 0 Å². The molecule has 2 saturated heterocycles. The lowest BCUT2D eigenvalue weighted by atomic mass is 9.95. The minimum atomic E-state index is -1.89. The second-order valence-corrected chi connectivity index (χ2v) is 15.6. The Morgan fingerprint density at radius 1 is 0.507 bits per heavy atom. The molecule has 22 heteroatoms.